The van der Waals surface area contributed by atoms with Gasteiger partial charge in [-0.25, -0.2) is 0 Å². The first-order chi connectivity index (χ1) is 8.99. The molecule has 0 aromatic carbocycles. The van der Waals surface area contributed by atoms with Crippen molar-refractivity contribution >= 4 is 5.69 Å². The Balaban J connectivity index is 2.90. The topological polar surface area (TPSA) is 45.4 Å². The average Bonchev–Trinajstić information content (AvgIpc) is 2.33. The van der Waals surface area contributed by atoms with Crippen molar-refractivity contribution in [3.8, 4) is 0 Å². The number of aromatic nitrogens is 1. The van der Waals surface area contributed by atoms with Crippen LogP contribution in [-0.2, 0) is 6.54 Å². The Morgan fingerprint density at radius 2 is 1.89 bits per heavy atom. The van der Waals surface area contributed by atoms with Gasteiger partial charge in [-0.15, -0.1) is 0 Å². The van der Waals surface area contributed by atoms with Crippen molar-refractivity contribution in [1.82, 2.24) is 9.88 Å². The zero-order valence-electron chi connectivity index (χ0n) is 13.0. The third-order valence-corrected chi connectivity index (χ3v) is 3.40. The van der Waals surface area contributed by atoms with Crippen LogP contribution in [0.15, 0.2) is 6.07 Å². The number of nitrogens with zero attached hydrogens (tertiary/aromatic N) is 3. The first-order valence-corrected chi connectivity index (χ1v) is 7.06. The van der Waals surface area contributed by atoms with Crippen LogP contribution < -0.4 is 10.6 Å². The van der Waals surface area contributed by atoms with Crippen LogP contribution in [0.3, 0.4) is 0 Å². The highest BCUT2D eigenvalue weighted by molar-refractivity contribution is 5.56. The molecule has 0 atom stereocenters. The lowest BCUT2D eigenvalue weighted by atomic mass is 10.1. The Labute approximate surface area is 117 Å². The zero-order chi connectivity index (χ0) is 14.4. The van der Waals surface area contributed by atoms with Gasteiger partial charge >= 0.3 is 0 Å². The van der Waals surface area contributed by atoms with E-state index < -0.39 is 0 Å². The molecule has 4 heteroatoms. The van der Waals surface area contributed by atoms with Gasteiger partial charge in [0.25, 0.3) is 0 Å². The monoisotopic (exact) mass is 264 g/mol. The van der Waals surface area contributed by atoms with Crippen molar-refractivity contribution in [1.29, 1.82) is 0 Å². The van der Waals surface area contributed by atoms with Gasteiger partial charge in [-0.3, -0.25) is 4.98 Å². The minimum Gasteiger partial charge on any atom is -0.371 e. The molecule has 0 radical (unpaired) electrons. The number of aryl methyl sites for hydroxylation is 2. The third-order valence-electron chi connectivity index (χ3n) is 3.40. The maximum atomic E-state index is 5.90. The summed E-state index contributed by atoms with van der Waals surface area (Å²) in [5.74, 6) is 0. The van der Waals surface area contributed by atoms with Crippen LogP contribution >= 0.6 is 0 Å². The predicted molar refractivity (Wildman–Crippen MR) is 82.7 cm³/mol. The lowest BCUT2D eigenvalue weighted by Crippen LogP contribution is -2.28. The first-order valence-electron chi connectivity index (χ1n) is 7.06. The number of rotatable bonds is 7. The van der Waals surface area contributed by atoms with Gasteiger partial charge in [0, 0.05) is 42.3 Å². The number of anilines is 1. The molecule has 4 nitrogen and oxygen atoms in total. The second-order valence-corrected chi connectivity index (χ2v) is 5.29. The van der Waals surface area contributed by atoms with E-state index >= 15 is 0 Å². The highest BCUT2D eigenvalue weighted by atomic mass is 15.1. The summed E-state index contributed by atoms with van der Waals surface area (Å²) in [5.41, 5.74) is 10.5. The van der Waals surface area contributed by atoms with Gasteiger partial charge in [-0.05, 0) is 53.9 Å². The number of nitrogens with two attached hydrogens (primary N) is 1. The Hall–Kier alpha value is -1.13. The zero-order valence-corrected chi connectivity index (χ0v) is 13.0. The van der Waals surface area contributed by atoms with Crippen molar-refractivity contribution < 1.29 is 0 Å². The molecule has 1 aromatic heterocycles. The van der Waals surface area contributed by atoms with Crippen LogP contribution in [0.4, 0.5) is 5.69 Å². The molecule has 0 amide bonds. The fraction of sp³-hybridized carbons (Fsp3) is 0.667. The van der Waals surface area contributed by atoms with Gasteiger partial charge in [0.05, 0.1) is 0 Å². The minimum atomic E-state index is 0.554. The van der Waals surface area contributed by atoms with Crippen molar-refractivity contribution in [2.24, 2.45) is 5.73 Å². The highest BCUT2D eigenvalue weighted by Gasteiger charge is 2.12. The summed E-state index contributed by atoms with van der Waals surface area (Å²) >= 11 is 0. The van der Waals surface area contributed by atoms with E-state index in [2.05, 4.69) is 41.9 Å². The molecule has 0 aliphatic carbocycles. The number of hydrogen-bond donors (Lipinski definition) is 1. The van der Waals surface area contributed by atoms with E-state index in [1.54, 1.807) is 0 Å². The molecule has 0 aliphatic rings. The van der Waals surface area contributed by atoms with Gasteiger partial charge in [-0.2, -0.15) is 0 Å². The van der Waals surface area contributed by atoms with E-state index in [1.165, 1.54) is 11.3 Å². The van der Waals surface area contributed by atoms with Crippen molar-refractivity contribution in [3.05, 3.63) is 23.0 Å². The quantitative estimate of drug-likeness (QED) is 0.817. The summed E-state index contributed by atoms with van der Waals surface area (Å²) in [7, 11) is 4.23. The second-order valence-electron chi connectivity index (χ2n) is 5.29. The summed E-state index contributed by atoms with van der Waals surface area (Å²) in [6.07, 6.45) is 1.16. The van der Waals surface area contributed by atoms with Gasteiger partial charge < -0.3 is 15.5 Å². The lowest BCUT2D eigenvalue weighted by Gasteiger charge is -2.27. The van der Waals surface area contributed by atoms with Crippen LogP contribution in [0.5, 0.6) is 0 Å². The molecule has 0 fully saturated rings. The van der Waals surface area contributed by atoms with Gasteiger partial charge in [0.15, 0.2) is 0 Å². The van der Waals surface area contributed by atoms with Crippen LogP contribution in [-0.4, -0.2) is 43.6 Å². The summed E-state index contributed by atoms with van der Waals surface area (Å²) < 4.78 is 0. The molecular formula is C15H28N4. The maximum Gasteiger partial charge on any atom is 0.0448 e. The fourth-order valence-corrected chi connectivity index (χ4v) is 2.40. The Kier molecular flexibility index (Phi) is 6.25. The molecule has 1 rings (SSSR count). The van der Waals surface area contributed by atoms with Crippen LogP contribution in [0.25, 0.3) is 0 Å². The fourth-order valence-electron chi connectivity index (χ4n) is 2.40. The van der Waals surface area contributed by atoms with Crippen molar-refractivity contribution in [3.63, 3.8) is 0 Å². The third kappa shape index (κ3) is 4.48. The smallest absolute Gasteiger partial charge is 0.0448 e. The molecule has 0 unspecified atom stereocenters. The Morgan fingerprint density at radius 3 is 2.42 bits per heavy atom. The van der Waals surface area contributed by atoms with E-state index in [0.717, 1.165) is 37.4 Å². The Bertz CT molecular complexity index is 401. The normalized spacial score (nSPS) is 11.1. The van der Waals surface area contributed by atoms with Gasteiger partial charge in [-0.1, -0.05) is 0 Å². The maximum absolute atomic E-state index is 5.90. The van der Waals surface area contributed by atoms with E-state index in [-0.39, 0.29) is 0 Å². The first kappa shape index (κ1) is 15.9. The SMILES string of the molecule is CCN(CCCN(C)C)c1cc(C)nc(C)c1CN. The summed E-state index contributed by atoms with van der Waals surface area (Å²) in [6, 6.07) is 2.16. The standard InChI is InChI=1S/C15H28N4/c1-6-19(9-7-8-18(4)5)15-10-12(2)17-13(3)14(15)11-16/h10H,6-9,11,16H2,1-5H3. The molecule has 0 saturated carbocycles. The molecule has 1 aromatic rings. The van der Waals surface area contributed by atoms with Crippen LogP contribution in [0.2, 0.25) is 0 Å². The molecule has 0 bridgehead atoms. The second kappa shape index (κ2) is 7.46. The van der Waals surface area contributed by atoms with E-state index in [1.807, 2.05) is 13.8 Å². The molecule has 19 heavy (non-hydrogen) atoms. The van der Waals surface area contributed by atoms with Gasteiger partial charge in [0.1, 0.15) is 0 Å². The van der Waals surface area contributed by atoms with E-state index in [9.17, 15) is 0 Å². The molecule has 0 saturated heterocycles. The summed E-state index contributed by atoms with van der Waals surface area (Å²) in [4.78, 5) is 9.15. The number of hydrogen-bond acceptors (Lipinski definition) is 4. The van der Waals surface area contributed by atoms with Crippen LogP contribution in [0.1, 0.15) is 30.3 Å². The molecular weight excluding hydrogens is 236 g/mol. The largest absolute Gasteiger partial charge is 0.371 e. The highest BCUT2D eigenvalue weighted by Crippen LogP contribution is 2.23. The number of pyridine rings is 1. The molecule has 2 N–H and O–H groups in total. The summed E-state index contributed by atoms with van der Waals surface area (Å²) in [6.45, 7) is 10.0. The molecule has 0 spiro atoms. The van der Waals surface area contributed by atoms with Gasteiger partial charge in [0.2, 0.25) is 0 Å². The minimum absolute atomic E-state index is 0.554. The van der Waals surface area contributed by atoms with E-state index in [0.29, 0.717) is 6.54 Å². The average molecular weight is 264 g/mol. The summed E-state index contributed by atoms with van der Waals surface area (Å²) in [5, 5.41) is 0. The lowest BCUT2D eigenvalue weighted by molar-refractivity contribution is 0.400. The van der Waals surface area contributed by atoms with Crippen LogP contribution in [0, 0.1) is 13.8 Å². The van der Waals surface area contributed by atoms with Crippen molar-refractivity contribution in [2.75, 3.05) is 38.6 Å². The van der Waals surface area contributed by atoms with E-state index in [4.69, 9.17) is 5.73 Å². The molecule has 0 aliphatic heterocycles. The molecule has 108 valence electrons. The Morgan fingerprint density at radius 1 is 1.21 bits per heavy atom. The molecule has 1 heterocycles. The predicted octanol–water partition coefficient (Wildman–Crippen LogP) is 1.94. The van der Waals surface area contributed by atoms with Crippen molar-refractivity contribution in [2.45, 2.75) is 33.7 Å².